The van der Waals surface area contributed by atoms with Crippen LogP contribution in [0.3, 0.4) is 0 Å². The first kappa shape index (κ1) is 11.4. The predicted molar refractivity (Wildman–Crippen MR) is 71.3 cm³/mol. The number of halogens is 1. The number of rotatable bonds is 2. The summed E-state index contributed by atoms with van der Waals surface area (Å²) in [6.07, 6.45) is 0. The van der Waals surface area contributed by atoms with Gasteiger partial charge in [-0.15, -0.1) is 0 Å². The third-order valence-corrected chi connectivity index (χ3v) is 3.37. The number of carbonyl (C=O) groups is 1. The molecule has 3 nitrogen and oxygen atoms in total. The number of cyclic esters (lactones) is 1. The van der Waals surface area contributed by atoms with Gasteiger partial charge in [0.15, 0.2) is 0 Å². The fourth-order valence-electron chi connectivity index (χ4n) is 1.57. The van der Waals surface area contributed by atoms with Crippen LogP contribution in [0, 0.1) is 0 Å². The van der Waals surface area contributed by atoms with Crippen molar-refractivity contribution < 1.29 is 9.53 Å². The Hall–Kier alpha value is -1.04. The highest BCUT2D eigenvalue weighted by atomic mass is 127. The smallest absolute Gasteiger partial charge is 0.347 e. The molecule has 2 rings (SSSR count). The Labute approximate surface area is 108 Å². The van der Waals surface area contributed by atoms with Crippen molar-refractivity contribution in [3.05, 3.63) is 39.6 Å². The Morgan fingerprint density at radius 2 is 1.88 bits per heavy atom. The highest BCUT2D eigenvalue weighted by molar-refractivity contribution is 14.1. The van der Waals surface area contributed by atoms with Crippen molar-refractivity contribution in [2.45, 2.75) is 19.4 Å². The summed E-state index contributed by atoms with van der Waals surface area (Å²) >= 11 is 2.01. The van der Waals surface area contributed by atoms with Crippen LogP contribution in [0.4, 0.5) is 5.69 Å². The molecule has 0 aliphatic carbocycles. The van der Waals surface area contributed by atoms with E-state index < -0.39 is 5.60 Å². The molecule has 4 heteroatoms. The highest BCUT2D eigenvalue weighted by Crippen LogP contribution is 2.35. The molecule has 0 spiro atoms. The van der Waals surface area contributed by atoms with Crippen LogP contribution in [0.25, 0.3) is 0 Å². The first-order chi connectivity index (χ1) is 7.50. The van der Waals surface area contributed by atoms with Crippen LogP contribution >= 0.6 is 22.6 Å². The molecule has 1 aromatic carbocycles. The van der Waals surface area contributed by atoms with Gasteiger partial charge in [0.2, 0.25) is 0 Å². The Balaban J connectivity index is 2.31. The maximum atomic E-state index is 11.5. The van der Waals surface area contributed by atoms with Crippen molar-refractivity contribution in [1.29, 1.82) is 0 Å². The molecule has 1 N–H and O–H groups in total. The fraction of sp³-hybridized carbons (Fsp3) is 0.250. The minimum atomic E-state index is -0.580. The number of esters is 1. The Bertz CT molecular complexity index is 451. The number of ether oxygens (including phenoxy) is 1. The van der Waals surface area contributed by atoms with E-state index in [4.69, 9.17) is 4.74 Å². The zero-order chi connectivity index (χ0) is 11.8. The van der Waals surface area contributed by atoms with Crippen LogP contribution in [0.5, 0.6) is 0 Å². The van der Waals surface area contributed by atoms with E-state index in [0.717, 1.165) is 11.4 Å². The number of hydrogen-bond acceptors (Lipinski definition) is 3. The molecular weight excluding hydrogens is 317 g/mol. The predicted octanol–water partition coefficient (Wildman–Crippen LogP) is 3.08. The van der Waals surface area contributed by atoms with Crippen LogP contribution in [0.15, 0.2) is 39.6 Å². The van der Waals surface area contributed by atoms with Crippen LogP contribution in [0.1, 0.15) is 13.8 Å². The highest BCUT2D eigenvalue weighted by Gasteiger charge is 2.39. The summed E-state index contributed by atoms with van der Waals surface area (Å²) in [7, 11) is 0. The van der Waals surface area contributed by atoms with Crippen LogP contribution < -0.4 is 5.32 Å². The number of hydrogen-bond donors (Lipinski definition) is 1. The summed E-state index contributed by atoms with van der Waals surface area (Å²) < 4.78 is 5.88. The molecule has 16 heavy (non-hydrogen) atoms. The van der Waals surface area contributed by atoms with Gasteiger partial charge in [-0.2, -0.15) is 0 Å². The van der Waals surface area contributed by atoms with Crippen molar-refractivity contribution in [3.8, 4) is 0 Å². The molecule has 1 aromatic rings. The van der Waals surface area contributed by atoms with E-state index >= 15 is 0 Å². The lowest BCUT2D eigenvalue weighted by Gasteiger charge is -2.22. The first-order valence-corrected chi connectivity index (χ1v) is 6.04. The number of benzene rings is 1. The second kappa shape index (κ2) is 4.08. The number of anilines is 1. The maximum Gasteiger partial charge on any atom is 0.347 e. The van der Waals surface area contributed by atoms with E-state index in [0.29, 0.717) is 3.58 Å². The minimum absolute atomic E-state index is 0.260. The molecule has 0 saturated heterocycles. The molecule has 84 valence electrons. The van der Waals surface area contributed by atoms with Gasteiger partial charge < -0.3 is 10.1 Å². The summed E-state index contributed by atoms with van der Waals surface area (Å²) in [5.41, 5.74) is 1.20. The molecule has 0 amide bonds. The summed E-state index contributed by atoms with van der Waals surface area (Å²) in [6.45, 7) is 3.75. The lowest BCUT2D eigenvalue weighted by atomic mass is 10.1. The van der Waals surface area contributed by atoms with Gasteiger partial charge in [0.1, 0.15) is 9.18 Å². The molecule has 0 atom stereocenters. The first-order valence-electron chi connectivity index (χ1n) is 4.96. The zero-order valence-electron chi connectivity index (χ0n) is 9.08. The molecule has 1 aliphatic heterocycles. The van der Waals surface area contributed by atoms with Gasteiger partial charge in [0, 0.05) is 5.69 Å². The Morgan fingerprint density at radius 1 is 1.25 bits per heavy atom. The van der Waals surface area contributed by atoms with Gasteiger partial charge in [0.05, 0.1) is 5.70 Å². The lowest BCUT2D eigenvalue weighted by Crippen LogP contribution is -2.27. The van der Waals surface area contributed by atoms with E-state index in [1.807, 2.05) is 66.8 Å². The minimum Gasteiger partial charge on any atom is -0.449 e. The van der Waals surface area contributed by atoms with Gasteiger partial charge in [-0.1, -0.05) is 18.2 Å². The summed E-state index contributed by atoms with van der Waals surface area (Å²) in [6, 6.07) is 9.75. The average Bonchev–Trinajstić information content (AvgIpc) is 2.42. The van der Waals surface area contributed by atoms with E-state index in [2.05, 4.69) is 5.32 Å². The van der Waals surface area contributed by atoms with Crippen molar-refractivity contribution in [2.75, 3.05) is 5.32 Å². The van der Waals surface area contributed by atoms with E-state index in [-0.39, 0.29) is 5.97 Å². The molecule has 0 aromatic heterocycles. The molecule has 0 bridgehead atoms. The molecule has 1 aliphatic rings. The number of carbonyl (C=O) groups excluding carboxylic acids is 1. The maximum absolute atomic E-state index is 11.5. The molecular formula is C12H12INO2. The van der Waals surface area contributed by atoms with Crippen LogP contribution in [0.2, 0.25) is 0 Å². The van der Waals surface area contributed by atoms with Gasteiger partial charge in [-0.25, -0.2) is 4.79 Å². The Kier molecular flexibility index (Phi) is 2.92. The summed E-state index contributed by atoms with van der Waals surface area (Å²) in [4.78, 5) is 11.5. The third kappa shape index (κ3) is 2.07. The standard InChI is InChI=1S/C12H12INO2/c1-12(2)10(9(13)11(15)16-12)14-8-6-4-3-5-7-8/h3-7,14H,1-2H3. The molecule has 0 saturated carbocycles. The van der Waals surface area contributed by atoms with E-state index in [9.17, 15) is 4.79 Å². The van der Waals surface area contributed by atoms with Crippen molar-refractivity contribution >= 4 is 34.2 Å². The average molecular weight is 329 g/mol. The van der Waals surface area contributed by atoms with Crippen molar-refractivity contribution in [1.82, 2.24) is 0 Å². The summed E-state index contributed by atoms with van der Waals surface area (Å²) in [5.74, 6) is -0.260. The van der Waals surface area contributed by atoms with Gasteiger partial charge in [-0.3, -0.25) is 0 Å². The Morgan fingerprint density at radius 3 is 2.38 bits per heavy atom. The SMILES string of the molecule is CC1(C)OC(=O)C(I)=C1Nc1ccccc1. The van der Waals surface area contributed by atoms with Gasteiger partial charge in [0.25, 0.3) is 0 Å². The monoisotopic (exact) mass is 329 g/mol. The van der Waals surface area contributed by atoms with E-state index in [1.54, 1.807) is 0 Å². The fourth-order valence-corrected chi connectivity index (χ4v) is 2.46. The molecule has 1 heterocycles. The number of para-hydroxylation sites is 1. The summed E-state index contributed by atoms with van der Waals surface area (Å²) in [5, 5.41) is 3.24. The van der Waals surface area contributed by atoms with Gasteiger partial charge >= 0.3 is 5.97 Å². The molecule has 0 unspecified atom stereocenters. The topological polar surface area (TPSA) is 38.3 Å². The quantitative estimate of drug-likeness (QED) is 0.669. The molecule has 0 radical (unpaired) electrons. The third-order valence-electron chi connectivity index (χ3n) is 2.39. The van der Waals surface area contributed by atoms with E-state index in [1.165, 1.54) is 0 Å². The van der Waals surface area contributed by atoms with Crippen molar-refractivity contribution in [2.24, 2.45) is 0 Å². The van der Waals surface area contributed by atoms with Gasteiger partial charge in [-0.05, 0) is 48.6 Å². The zero-order valence-corrected chi connectivity index (χ0v) is 11.2. The lowest BCUT2D eigenvalue weighted by molar-refractivity contribution is -0.143. The van der Waals surface area contributed by atoms with Crippen LogP contribution in [-0.4, -0.2) is 11.6 Å². The molecule has 0 fully saturated rings. The second-order valence-electron chi connectivity index (χ2n) is 4.08. The second-order valence-corrected chi connectivity index (χ2v) is 5.16. The van der Waals surface area contributed by atoms with Crippen LogP contribution in [-0.2, 0) is 9.53 Å². The largest absolute Gasteiger partial charge is 0.449 e. The number of nitrogens with one attached hydrogen (secondary N) is 1. The normalized spacial score (nSPS) is 18.6. The van der Waals surface area contributed by atoms with Crippen molar-refractivity contribution in [3.63, 3.8) is 0 Å².